The summed E-state index contributed by atoms with van der Waals surface area (Å²) < 4.78 is 0. The van der Waals surface area contributed by atoms with Crippen LogP contribution in [-0.4, -0.2) is 21.0 Å². The van der Waals surface area contributed by atoms with Crippen molar-refractivity contribution < 1.29 is 0 Å². The second-order valence-electron chi connectivity index (χ2n) is 6.47. The standard InChI is InChI=1S/C13H24N4/c1-9-8-10(16-12(2,3)4)15-11(14-9)17-13(5,6)7/h8H,1-7H3,(H2,14,15,16,17). The van der Waals surface area contributed by atoms with Crippen molar-refractivity contribution in [3.05, 3.63) is 11.8 Å². The number of nitrogens with zero attached hydrogens (tertiary/aromatic N) is 2. The number of aryl methyl sites for hydroxylation is 1. The monoisotopic (exact) mass is 236 g/mol. The maximum Gasteiger partial charge on any atom is 0.225 e. The second-order valence-corrected chi connectivity index (χ2v) is 6.47. The molecule has 0 saturated carbocycles. The van der Waals surface area contributed by atoms with Crippen LogP contribution in [0.3, 0.4) is 0 Å². The fourth-order valence-corrected chi connectivity index (χ4v) is 1.41. The van der Waals surface area contributed by atoms with Gasteiger partial charge in [0.05, 0.1) is 0 Å². The largest absolute Gasteiger partial charge is 0.365 e. The smallest absolute Gasteiger partial charge is 0.225 e. The molecule has 1 heterocycles. The van der Waals surface area contributed by atoms with E-state index in [0.29, 0.717) is 5.95 Å². The Morgan fingerprint density at radius 3 is 1.88 bits per heavy atom. The minimum atomic E-state index is -0.0349. The molecule has 0 bridgehead atoms. The third kappa shape index (κ3) is 5.52. The number of hydrogen-bond acceptors (Lipinski definition) is 4. The summed E-state index contributed by atoms with van der Waals surface area (Å²) in [6, 6.07) is 1.96. The molecule has 0 aliphatic heterocycles. The van der Waals surface area contributed by atoms with Gasteiger partial charge in [-0.05, 0) is 48.5 Å². The van der Waals surface area contributed by atoms with Gasteiger partial charge in [-0.2, -0.15) is 4.98 Å². The van der Waals surface area contributed by atoms with Crippen molar-refractivity contribution in [3.8, 4) is 0 Å². The lowest BCUT2D eigenvalue weighted by molar-refractivity contribution is 0.620. The summed E-state index contributed by atoms with van der Waals surface area (Å²) in [5.41, 5.74) is 0.922. The average molecular weight is 236 g/mol. The topological polar surface area (TPSA) is 49.8 Å². The zero-order chi connectivity index (χ0) is 13.3. The van der Waals surface area contributed by atoms with Gasteiger partial charge in [-0.3, -0.25) is 0 Å². The van der Waals surface area contributed by atoms with Crippen LogP contribution < -0.4 is 10.6 Å². The summed E-state index contributed by atoms with van der Waals surface area (Å²) in [7, 11) is 0. The molecule has 1 rings (SSSR count). The normalized spacial score (nSPS) is 12.4. The highest BCUT2D eigenvalue weighted by Crippen LogP contribution is 2.17. The van der Waals surface area contributed by atoms with Gasteiger partial charge >= 0.3 is 0 Å². The van der Waals surface area contributed by atoms with Crippen LogP contribution in [0.25, 0.3) is 0 Å². The molecule has 0 fully saturated rings. The van der Waals surface area contributed by atoms with E-state index in [4.69, 9.17) is 0 Å². The fraction of sp³-hybridized carbons (Fsp3) is 0.692. The van der Waals surface area contributed by atoms with Crippen LogP contribution in [0.4, 0.5) is 11.8 Å². The van der Waals surface area contributed by atoms with Gasteiger partial charge in [0.1, 0.15) is 5.82 Å². The summed E-state index contributed by atoms with van der Waals surface area (Å²) >= 11 is 0. The first-order valence-electron chi connectivity index (χ1n) is 5.97. The van der Waals surface area contributed by atoms with E-state index < -0.39 is 0 Å². The molecule has 0 aliphatic carbocycles. The molecule has 4 heteroatoms. The summed E-state index contributed by atoms with van der Waals surface area (Å²) in [6.07, 6.45) is 0. The SMILES string of the molecule is Cc1cc(NC(C)(C)C)nc(NC(C)(C)C)n1. The van der Waals surface area contributed by atoms with Crippen molar-refractivity contribution in [1.82, 2.24) is 9.97 Å². The Bertz CT molecular complexity index is 351. The summed E-state index contributed by atoms with van der Waals surface area (Å²) in [4.78, 5) is 8.86. The van der Waals surface area contributed by atoms with Crippen LogP contribution in [0.2, 0.25) is 0 Å². The molecular formula is C13H24N4. The Kier molecular flexibility index (Phi) is 3.65. The van der Waals surface area contributed by atoms with Crippen LogP contribution in [-0.2, 0) is 0 Å². The first kappa shape index (κ1) is 13.7. The van der Waals surface area contributed by atoms with Crippen molar-refractivity contribution >= 4 is 11.8 Å². The molecule has 4 nitrogen and oxygen atoms in total. The number of nitrogens with one attached hydrogen (secondary N) is 2. The Balaban J connectivity index is 2.95. The van der Waals surface area contributed by atoms with E-state index in [1.165, 1.54) is 0 Å². The zero-order valence-electron chi connectivity index (χ0n) is 12.0. The van der Waals surface area contributed by atoms with Gasteiger partial charge in [-0.15, -0.1) is 0 Å². The third-order valence-corrected chi connectivity index (χ3v) is 1.84. The lowest BCUT2D eigenvalue weighted by atomic mass is 10.1. The van der Waals surface area contributed by atoms with Crippen LogP contribution in [0.1, 0.15) is 47.2 Å². The van der Waals surface area contributed by atoms with Crippen LogP contribution in [0.15, 0.2) is 6.07 Å². The molecule has 2 N–H and O–H groups in total. The van der Waals surface area contributed by atoms with Gasteiger partial charge in [-0.1, -0.05) is 0 Å². The Labute approximate surface area is 104 Å². The molecule has 0 atom stereocenters. The van der Waals surface area contributed by atoms with Gasteiger partial charge < -0.3 is 10.6 Å². The molecule has 0 saturated heterocycles. The Morgan fingerprint density at radius 2 is 1.41 bits per heavy atom. The predicted molar refractivity (Wildman–Crippen MR) is 73.5 cm³/mol. The fourth-order valence-electron chi connectivity index (χ4n) is 1.41. The van der Waals surface area contributed by atoms with E-state index in [9.17, 15) is 0 Å². The van der Waals surface area contributed by atoms with Gasteiger partial charge in [0, 0.05) is 22.8 Å². The van der Waals surface area contributed by atoms with E-state index >= 15 is 0 Å². The van der Waals surface area contributed by atoms with Crippen molar-refractivity contribution in [2.45, 2.75) is 59.5 Å². The molecule has 1 aromatic heterocycles. The van der Waals surface area contributed by atoms with E-state index in [1.807, 2.05) is 13.0 Å². The van der Waals surface area contributed by atoms with Crippen LogP contribution in [0, 0.1) is 6.92 Å². The summed E-state index contributed by atoms with van der Waals surface area (Å²) in [5, 5.41) is 6.64. The van der Waals surface area contributed by atoms with Crippen LogP contribution >= 0.6 is 0 Å². The van der Waals surface area contributed by atoms with E-state index in [2.05, 4.69) is 62.1 Å². The van der Waals surface area contributed by atoms with Crippen molar-refractivity contribution in [1.29, 1.82) is 0 Å². The number of hydrogen-bond donors (Lipinski definition) is 2. The first-order valence-corrected chi connectivity index (χ1v) is 5.97. The van der Waals surface area contributed by atoms with Crippen molar-refractivity contribution in [2.75, 3.05) is 10.6 Å². The predicted octanol–water partition coefficient (Wildman–Crippen LogP) is 3.21. The maximum absolute atomic E-state index is 4.47. The summed E-state index contributed by atoms with van der Waals surface area (Å²) in [6.45, 7) is 14.6. The Morgan fingerprint density at radius 1 is 0.882 bits per heavy atom. The Hall–Kier alpha value is -1.32. The average Bonchev–Trinajstić information content (AvgIpc) is 1.93. The number of rotatable bonds is 2. The molecule has 0 aliphatic rings. The molecule has 1 aromatic rings. The highest BCUT2D eigenvalue weighted by molar-refractivity contribution is 5.44. The van der Waals surface area contributed by atoms with E-state index in [1.54, 1.807) is 0 Å². The van der Waals surface area contributed by atoms with Crippen LogP contribution in [0.5, 0.6) is 0 Å². The minimum absolute atomic E-state index is 0.000203. The highest BCUT2D eigenvalue weighted by atomic mass is 15.2. The summed E-state index contributed by atoms with van der Waals surface area (Å²) in [5.74, 6) is 1.53. The molecule has 17 heavy (non-hydrogen) atoms. The van der Waals surface area contributed by atoms with Gasteiger partial charge in [0.2, 0.25) is 5.95 Å². The zero-order valence-corrected chi connectivity index (χ0v) is 12.0. The maximum atomic E-state index is 4.47. The molecular weight excluding hydrogens is 212 g/mol. The molecule has 96 valence electrons. The van der Waals surface area contributed by atoms with Gasteiger partial charge in [0.15, 0.2) is 0 Å². The quantitative estimate of drug-likeness (QED) is 0.828. The van der Waals surface area contributed by atoms with E-state index in [-0.39, 0.29) is 11.1 Å². The van der Waals surface area contributed by atoms with E-state index in [0.717, 1.165) is 11.5 Å². The molecule has 0 amide bonds. The molecule has 0 unspecified atom stereocenters. The first-order chi connectivity index (χ1) is 7.55. The second kappa shape index (κ2) is 4.51. The lowest BCUT2D eigenvalue weighted by Gasteiger charge is -2.24. The highest BCUT2D eigenvalue weighted by Gasteiger charge is 2.14. The van der Waals surface area contributed by atoms with Gasteiger partial charge in [-0.25, -0.2) is 4.98 Å². The number of anilines is 2. The van der Waals surface area contributed by atoms with Gasteiger partial charge in [0.25, 0.3) is 0 Å². The number of aromatic nitrogens is 2. The third-order valence-electron chi connectivity index (χ3n) is 1.84. The van der Waals surface area contributed by atoms with Crippen molar-refractivity contribution in [2.24, 2.45) is 0 Å². The molecule has 0 spiro atoms. The molecule has 0 radical (unpaired) electrons. The lowest BCUT2D eigenvalue weighted by Crippen LogP contribution is -2.29. The minimum Gasteiger partial charge on any atom is -0.365 e. The molecule has 0 aromatic carbocycles. The van der Waals surface area contributed by atoms with Crippen molar-refractivity contribution in [3.63, 3.8) is 0 Å².